The van der Waals surface area contributed by atoms with E-state index in [0.717, 1.165) is 132 Å². The van der Waals surface area contributed by atoms with Crippen molar-refractivity contribution in [1.29, 1.82) is 0 Å². The second-order valence-electron chi connectivity index (χ2n) is 19.8. The lowest BCUT2D eigenvalue weighted by atomic mass is 9.96. The average Bonchev–Trinajstić information content (AvgIpc) is 4.13. The molecule has 2 saturated heterocycles. The van der Waals surface area contributed by atoms with E-state index in [1.807, 2.05) is 52.8 Å². The third-order valence-corrected chi connectivity index (χ3v) is 14.9. The van der Waals surface area contributed by atoms with Crippen LogP contribution in [0.25, 0.3) is 21.8 Å². The number of carbonyl (C=O) groups is 2. The van der Waals surface area contributed by atoms with Gasteiger partial charge in [0.05, 0.1) is 28.2 Å². The molecule has 9 rings (SSSR count). The number of pyridine rings is 2. The summed E-state index contributed by atoms with van der Waals surface area (Å²) < 4.78 is 4.60. The number of amides is 2. The fourth-order valence-electron chi connectivity index (χ4n) is 11.6. The zero-order chi connectivity index (χ0) is 46.6. The van der Waals surface area contributed by atoms with Gasteiger partial charge in [-0.25, -0.2) is 0 Å². The second kappa shape index (κ2) is 18.3. The van der Waals surface area contributed by atoms with Gasteiger partial charge in [0.15, 0.2) is 0 Å². The van der Waals surface area contributed by atoms with E-state index in [0.29, 0.717) is 34.2 Å². The molecule has 348 valence electrons. The highest BCUT2D eigenvalue weighted by molar-refractivity contribution is 6.10. The van der Waals surface area contributed by atoms with Gasteiger partial charge in [0, 0.05) is 109 Å². The summed E-state index contributed by atoms with van der Waals surface area (Å²) in [6, 6.07) is 12.7. The lowest BCUT2D eigenvalue weighted by Crippen LogP contribution is -2.30. The molecule has 6 aromatic rings. The van der Waals surface area contributed by atoms with Gasteiger partial charge in [0.1, 0.15) is 0 Å². The Morgan fingerprint density at radius 3 is 2.12 bits per heavy atom. The Labute approximate surface area is 387 Å². The summed E-state index contributed by atoms with van der Waals surface area (Å²) >= 11 is 0. The van der Waals surface area contributed by atoms with Gasteiger partial charge in [0.25, 0.3) is 22.9 Å². The predicted molar refractivity (Wildman–Crippen MR) is 266 cm³/mol. The molecule has 2 aliphatic heterocycles. The molecule has 2 aromatic carbocycles. The van der Waals surface area contributed by atoms with Crippen LogP contribution >= 0.6 is 0 Å². The van der Waals surface area contributed by atoms with Crippen LogP contribution in [0.15, 0.2) is 58.4 Å². The standard InChI is InChI=1S/C53H67N9O4/c1-31-21-33(3)56-52(65)44(31)26-54-51(64)43-23-40(60-19-15-37(30-60)29-58(7)8)25-47-48(43)32(2)28-62(47)36(6)49-34(4)45(53(66)57-35(49)5)27-55-50(63)42-22-39(59-17-11-12-18-59)24-46-41(42)16-20-61(46)38-13-9-10-14-38/h16,20-25,28,36-38H,9-15,17-19,26-27,29-30H2,1-8H3,(H,54,64)(H,55,63)(H,56,65)(H,57,66). The van der Waals surface area contributed by atoms with Crippen molar-refractivity contribution in [2.75, 3.05) is 56.6 Å². The molecule has 13 nitrogen and oxygen atoms in total. The number of benzene rings is 2. The summed E-state index contributed by atoms with van der Waals surface area (Å²) in [7, 11) is 4.21. The molecule has 3 fully saturated rings. The number of aromatic nitrogens is 4. The largest absolute Gasteiger partial charge is 0.371 e. The first-order valence-corrected chi connectivity index (χ1v) is 24.1. The van der Waals surface area contributed by atoms with Gasteiger partial charge in [-0.15, -0.1) is 0 Å². The highest BCUT2D eigenvalue weighted by atomic mass is 16.2. The highest BCUT2D eigenvalue weighted by Gasteiger charge is 2.29. The minimum atomic E-state index is -0.250. The number of nitrogens with zero attached hydrogens (tertiary/aromatic N) is 5. The molecule has 4 aromatic heterocycles. The topological polar surface area (TPSA) is 143 Å². The molecule has 0 bridgehead atoms. The first kappa shape index (κ1) is 45.1. The number of hydrogen-bond acceptors (Lipinski definition) is 7. The lowest BCUT2D eigenvalue weighted by Gasteiger charge is -2.24. The molecule has 13 heteroatoms. The monoisotopic (exact) mass is 894 g/mol. The Hall–Kier alpha value is -6.08. The third kappa shape index (κ3) is 8.58. The van der Waals surface area contributed by atoms with Crippen molar-refractivity contribution in [3.05, 3.63) is 125 Å². The molecule has 1 saturated carbocycles. The quantitative estimate of drug-likeness (QED) is 0.0919. The average molecular weight is 894 g/mol. The van der Waals surface area contributed by atoms with Gasteiger partial charge in [-0.05, 0) is 152 Å². The predicted octanol–water partition coefficient (Wildman–Crippen LogP) is 8.09. The number of aromatic amines is 2. The number of rotatable bonds is 13. The fourth-order valence-corrected chi connectivity index (χ4v) is 11.6. The molecule has 0 radical (unpaired) electrons. The smallest absolute Gasteiger partial charge is 0.253 e. The van der Waals surface area contributed by atoms with E-state index < -0.39 is 0 Å². The zero-order valence-corrected chi connectivity index (χ0v) is 40.1. The molecule has 3 aliphatic rings. The minimum Gasteiger partial charge on any atom is -0.371 e. The van der Waals surface area contributed by atoms with E-state index in [1.54, 1.807) is 0 Å². The summed E-state index contributed by atoms with van der Waals surface area (Å²) in [6.45, 7) is 16.7. The molecule has 2 atom stereocenters. The van der Waals surface area contributed by atoms with E-state index in [2.05, 4.69) is 96.0 Å². The van der Waals surface area contributed by atoms with Crippen molar-refractivity contribution in [1.82, 2.24) is 34.6 Å². The van der Waals surface area contributed by atoms with Gasteiger partial charge in [-0.1, -0.05) is 12.8 Å². The summed E-state index contributed by atoms with van der Waals surface area (Å²) in [4.78, 5) is 68.6. The summed E-state index contributed by atoms with van der Waals surface area (Å²) in [6.07, 6.45) is 12.3. The van der Waals surface area contributed by atoms with Gasteiger partial charge < -0.3 is 44.4 Å². The highest BCUT2D eigenvalue weighted by Crippen LogP contribution is 2.38. The minimum absolute atomic E-state index is 0.0745. The maximum Gasteiger partial charge on any atom is 0.253 e. The van der Waals surface area contributed by atoms with E-state index >= 15 is 0 Å². The molecular formula is C53H67N9O4. The van der Waals surface area contributed by atoms with Crippen molar-refractivity contribution >= 4 is 45.0 Å². The van der Waals surface area contributed by atoms with Crippen LogP contribution in [0.2, 0.25) is 0 Å². The number of nitrogens with one attached hydrogen (secondary N) is 4. The number of H-pyrrole nitrogens is 2. The normalized spacial score (nSPS) is 17.3. The Bertz CT molecular complexity index is 2960. The number of anilines is 2. The van der Waals surface area contributed by atoms with Crippen LogP contribution in [0.5, 0.6) is 0 Å². The molecular weight excluding hydrogens is 827 g/mol. The zero-order valence-electron chi connectivity index (χ0n) is 40.1. The first-order valence-electron chi connectivity index (χ1n) is 24.1. The Balaban J connectivity index is 1.05. The lowest BCUT2D eigenvalue weighted by molar-refractivity contribution is 0.0944. The fraction of sp³-hybridized carbons (Fsp3) is 0.472. The van der Waals surface area contributed by atoms with Crippen molar-refractivity contribution in [3.8, 4) is 0 Å². The second-order valence-corrected chi connectivity index (χ2v) is 19.8. The molecule has 2 unspecified atom stereocenters. The van der Waals surface area contributed by atoms with Gasteiger partial charge in [-0.2, -0.15) is 0 Å². The Kier molecular flexibility index (Phi) is 12.5. The van der Waals surface area contributed by atoms with Crippen molar-refractivity contribution in [2.24, 2.45) is 5.92 Å². The van der Waals surface area contributed by atoms with Crippen LogP contribution in [-0.4, -0.2) is 82.6 Å². The first-order chi connectivity index (χ1) is 31.7. The Morgan fingerprint density at radius 2 is 1.41 bits per heavy atom. The number of aryl methyl sites for hydroxylation is 4. The molecule has 6 heterocycles. The number of hydrogen-bond donors (Lipinski definition) is 4. The van der Waals surface area contributed by atoms with E-state index in [-0.39, 0.29) is 42.1 Å². The van der Waals surface area contributed by atoms with Crippen molar-refractivity contribution in [3.63, 3.8) is 0 Å². The molecule has 1 aliphatic carbocycles. The van der Waals surface area contributed by atoms with Crippen LogP contribution < -0.4 is 31.6 Å². The van der Waals surface area contributed by atoms with Gasteiger partial charge in [0.2, 0.25) is 0 Å². The molecule has 0 spiro atoms. The maximum absolute atomic E-state index is 14.4. The van der Waals surface area contributed by atoms with Crippen LogP contribution in [-0.2, 0) is 13.1 Å². The maximum atomic E-state index is 14.4. The van der Waals surface area contributed by atoms with E-state index in [4.69, 9.17) is 0 Å². The third-order valence-electron chi connectivity index (χ3n) is 14.9. The van der Waals surface area contributed by atoms with Crippen molar-refractivity contribution < 1.29 is 9.59 Å². The summed E-state index contributed by atoms with van der Waals surface area (Å²) in [5, 5.41) is 8.06. The van der Waals surface area contributed by atoms with Crippen molar-refractivity contribution in [2.45, 2.75) is 112 Å². The van der Waals surface area contributed by atoms with Crippen LogP contribution in [0.3, 0.4) is 0 Å². The molecule has 4 N–H and O–H groups in total. The van der Waals surface area contributed by atoms with E-state index in [9.17, 15) is 19.2 Å². The summed E-state index contributed by atoms with van der Waals surface area (Å²) in [5.41, 5.74) is 11.0. The number of carbonyl (C=O) groups excluding carboxylic acids is 2. The SMILES string of the molecule is Cc1cc(C)c(CNC(=O)c2cc(N3CCC(CN(C)C)C3)cc3c2c(C)cn3C(C)c2c(C)[nH]c(=O)c(CNC(=O)c3cc(N4CCCC4)cc4c3ccn4C3CCCC3)c2C)c(=O)[nH]1. The van der Waals surface area contributed by atoms with E-state index in [1.165, 1.54) is 12.8 Å². The summed E-state index contributed by atoms with van der Waals surface area (Å²) in [5.74, 6) is 0.0630. The van der Waals surface area contributed by atoms with Crippen LogP contribution in [0.1, 0.15) is 129 Å². The number of fused-ring (bicyclic) bond motifs is 2. The van der Waals surface area contributed by atoms with Crippen LogP contribution in [0, 0.1) is 40.5 Å². The van der Waals surface area contributed by atoms with Crippen LogP contribution in [0.4, 0.5) is 11.4 Å². The van der Waals surface area contributed by atoms with Gasteiger partial charge in [-0.3, -0.25) is 19.2 Å². The van der Waals surface area contributed by atoms with Gasteiger partial charge >= 0.3 is 0 Å². The Morgan fingerprint density at radius 1 is 0.758 bits per heavy atom. The molecule has 2 amide bonds. The molecule has 66 heavy (non-hydrogen) atoms.